The molecule has 1 aliphatic heterocycles. The Morgan fingerprint density at radius 3 is 2.66 bits per heavy atom. The molecular weight excluding hydrogens is 368 g/mol. The zero-order chi connectivity index (χ0) is 20.6. The van der Waals surface area contributed by atoms with Crippen molar-refractivity contribution in [1.82, 2.24) is 30.4 Å². The van der Waals surface area contributed by atoms with Gasteiger partial charge < -0.3 is 9.84 Å². The number of aryl methyl sites for hydroxylation is 2. The maximum atomic E-state index is 12.3. The summed E-state index contributed by atoms with van der Waals surface area (Å²) in [5.74, 6) is 1.21. The molecule has 0 bridgehead atoms. The van der Waals surface area contributed by atoms with E-state index in [9.17, 15) is 4.79 Å². The lowest BCUT2D eigenvalue weighted by atomic mass is 9.59. The van der Waals surface area contributed by atoms with Gasteiger partial charge in [-0.25, -0.2) is 4.68 Å². The molecule has 4 rings (SSSR count). The van der Waals surface area contributed by atoms with Crippen molar-refractivity contribution in [1.29, 1.82) is 0 Å². The van der Waals surface area contributed by atoms with Crippen LogP contribution in [0.25, 0.3) is 0 Å². The molecule has 29 heavy (non-hydrogen) atoms. The lowest BCUT2D eigenvalue weighted by molar-refractivity contribution is -0.0335. The van der Waals surface area contributed by atoms with Gasteiger partial charge in [0, 0.05) is 18.7 Å². The van der Waals surface area contributed by atoms with Crippen LogP contribution in [0.2, 0.25) is 0 Å². The quantitative estimate of drug-likeness (QED) is 0.802. The molecule has 158 valence electrons. The van der Waals surface area contributed by atoms with Crippen molar-refractivity contribution in [3.8, 4) is 0 Å². The lowest BCUT2D eigenvalue weighted by Crippen LogP contribution is -2.49. The van der Waals surface area contributed by atoms with E-state index in [1.165, 1.54) is 12.0 Å². The molecule has 1 atom stereocenters. The van der Waals surface area contributed by atoms with E-state index < -0.39 is 0 Å². The van der Waals surface area contributed by atoms with Crippen LogP contribution in [-0.2, 0) is 6.54 Å². The number of likely N-dealkylation sites (tertiary alicyclic amines) is 1. The predicted molar refractivity (Wildman–Crippen MR) is 108 cm³/mol. The summed E-state index contributed by atoms with van der Waals surface area (Å²) in [6, 6.07) is 0.350. The minimum Gasteiger partial charge on any atom is -0.361 e. The molecule has 2 aliphatic rings. The second-order valence-electron chi connectivity index (χ2n) is 9.18. The number of piperidine rings is 1. The minimum absolute atomic E-state index is 0.132. The van der Waals surface area contributed by atoms with E-state index in [1.54, 1.807) is 0 Å². The Morgan fingerprint density at radius 1 is 1.31 bits per heavy atom. The largest absolute Gasteiger partial charge is 0.361 e. The van der Waals surface area contributed by atoms with Crippen LogP contribution in [0.1, 0.15) is 73.1 Å². The summed E-state index contributed by atoms with van der Waals surface area (Å²) in [6.45, 7) is 11.8. The summed E-state index contributed by atoms with van der Waals surface area (Å²) < 4.78 is 7.25. The molecule has 1 N–H and O–H groups in total. The summed E-state index contributed by atoms with van der Waals surface area (Å²) in [5, 5.41) is 15.4. The number of nitrogens with one attached hydrogen (secondary N) is 1. The van der Waals surface area contributed by atoms with E-state index in [-0.39, 0.29) is 11.3 Å². The van der Waals surface area contributed by atoms with Crippen molar-refractivity contribution in [2.75, 3.05) is 19.6 Å². The topological polar surface area (TPSA) is 89.1 Å². The fraction of sp³-hybridized carbons (Fsp3) is 0.714. The van der Waals surface area contributed by atoms with E-state index in [0.29, 0.717) is 24.2 Å². The smallest absolute Gasteiger partial charge is 0.273 e. The molecule has 8 nitrogen and oxygen atoms in total. The molecule has 3 heterocycles. The highest BCUT2D eigenvalue weighted by atomic mass is 16.5. The molecule has 8 heteroatoms. The third-order valence-corrected chi connectivity index (χ3v) is 6.77. The molecule has 1 unspecified atom stereocenters. The molecule has 2 aromatic heterocycles. The molecule has 2 fully saturated rings. The van der Waals surface area contributed by atoms with E-state index in [2.05, 4.69) is 39.5 Å². The first-order chi connectivity index (χ1) is 13.9. The van der Waals surface area contributed by atoms with Gasteiger partial charge in [0.2, 0.25) is 0 Å². The van der Waals surface area contributed by atoms with Crippen molar-refractivity contribution in [2.45, 2.75) is 66.0 Å². The van der Waals surface area contributed by atoms with Crippen LogP contribution in [0.4, 0.5) is 0 Å². The van der Waals surface area contributed by atoms with Gasteiger partial charge in [0.25, 0.3) is 5.91 Å². The third-order valence-electron chi connectivity index (χ3n) is 6.77. The van der Waals surface area contributed by atoms with Gasteiger partial charge >= 0.3 is 0 Å². The van der Waals surface area contributed by atoms with Crippen LogP contribution >= 0.6 is 0 Å². The first kappa shape index (κ1) is 20.1. The Kier molecular flexibility index (Phi) is 5.46. The normalized spacial score (nSPS) is 21.5. The van der Waals surface area contributed by atoms with Crippen molar-refractivity contribution in [3.63, 3.8) is 0 Å². The van der Waals surface area contributed by atoms with Crippen molar-refractivity contribution in [3.05, 3.63) is 28.9 Å². The number of carbonyl (C=O) groups excluding carboxylic acids is 1. The second-order valence-corrected chi connectivity index (χ2v) is 9.18. The van der Waals surface area contributed by atoms with Gasteiger partial charge in [-0.2, -0.15) is 0 Å². The molecule has 1 spiro atoms. The zero-order valence-electron chi connectivity index (χ0n) is 17.9. The highest BCUT2D eigenvalue weighted by Crippen LogP contribution is 2.56. The van der Waals surface area contributed by atoms with Gasteiger partial charge in [0.15, 0.2) is 5.69 Å². The first-order valence-electron chi connectivity index (χ1n) is 10.7. The number of hydrogen-bond donors (Lipinski definition) is 1. The maximum absolute atomic E-state index is 12.3. The number of hydrogen-bond acceptors (Lipinski definition) is 6. The van der Waals surface area contributed by atoms with Crippen LogP contribution in [0, 0.1) is 25.2 Å². The highest BCUT2D eigenvalue weighted by molar-refractivity contribution is 5.91. The molecule has 0 aromatic carbocycles. The Balaban J connectivity index is 1.36. The standard InChI is InChI=1S/C21H32N6O2/c1-14(2)11-22-20(28)18-13-27(25-23-18)19-5-6-21(19)7-9-26(10-8-21)12-17-15(3)24-29-16(17)4/h13-14,19H,5-12H2,1-4H3,(H,22,28). The summed E-state index contributed by atoms with van der Waals surface area (Å²) in [4.78, 5) is 14.8. The number of carbonyl (C=O) groups is 1. The summed E-state index contributed by atoms with van der Waals surface area (Å²) >= 11 is 0. The van der Waals surface area contributed by atoms with Crippen molar-refractivity contribution < 1.29 is 9.32 Å². The van der Waals surface area contributed by atoms with Crippen LogP contribution in [-0.4, -0.2) is 50.6 Å². The van der Waals surface area contributed by atoms with Gasteiger partial charge in [-0.3, -0.25) is 9.69 Å². The predicted octanol–water partition coefficient (Wildman–Crippen LogP) is 2.89. The lowest BCUT2D eigenvalue weighted by Gasteiger charge is -2.53. The Morgan fingerprint density at radius 2 is 2.07 bits per heavy atom. The van der Waals surface area contributed by atoms with E-state index >= 15 is 0 Å². The van der Waals surface area contributed by atoms with Crippen LogP contribution in [0.5, 0.6) is 0 Å². The summed E-state index contributed by atoms with van der Waals surface area (Å²) in [6.07, 6.45) is 6.47. The Bertz CT molecular complexity index is 843. The first-order valence-corrected chi connectivity index (χ1v) is 10.7. The maximum Gasteiger partial charge on any atom is 0.273 e. The van der Waals surface area contributed by atoms with E-state index in [0.717, 1.165) is 50.4 Å². The van der Waals surface area contributed by atoms with E-state index in [4.69, 9.17) is 4.52 Å². The van der Waals surface area contributed by atoms with Crippen molar-refractivity contribution in [2.24, 2.45) is 11.3 Å². The van der Waals surface area contributed by atoms with Crippen molar-refractivity contribution >= 4 is 5.91 Å². The monoisotopic (exact) mass is 400 g/mol. The number of nitrogens with zero attached hydrogens (tertiary/aromatic N) is 5. The van der Waals surface area contributed by atoms with Gasteiger partial charge in [0.05, 0.1) is 17.9 Å². The third kappa shape index (κ3) is 3.95. The molecule has 2 aromatic rings. The Labute approximate surface area is 172 Å². The molecule has 1 amide bonds. The average molecular weight is 401 g/mol. The van der Waals surface area contributed by atoms with Crippen LogP contribution < -0.4 is 5.32 Å². The number of rotatable bonds is 6. The average Bonchev–Trinajstić information content (AvgIpc) is 3.28. The van der Waals surface area contributed by atoms with Gasteiger partial charge in [-0.05, 0) is 64.0 Å². The summed E-state index contributed by atoms with van der Waals surface area (Å²) in [7, 11) is 0. The molecule has 1 saturated heterocycles. The fourth-order valence-corrected chi connectivity index (χ4v) is 4.71. The Hall–Kier alpha value is -2.22. The SMILES string of the molecule is Cc1noc(C)c1CN1CCC2(CCC2n2cc(C(=O)NCC(C)C)nn2)CC1. The molecule has 1 aliphatic carbocycles. The van der Waals surface area contributed by atoms with E-state index in [1.807, 2.05) is 24.7 Å². The van der Waals surface area contributed by atoms with Crippen LogP contribution in [0.3, 0.4) is 0 Å². The number of amides is 1. The van der Waals surface area contributed by atoms with Crippen LogP contribution in [0.15, 0.2) is 10.7 Å². The van der Waals surface area contributed by atoms with Gasteiger partial charge in [-0.15, -0.1) is 5.10 Å². The zero-order valence-corrected chi connectivity index (χ0v) is 17.9. The minimum atomic E-state index is -0.132. The number of aromatic nitrogens is 4. The summed E-state index contributed by atoms with van der Waals surface area (Å²) in [5.41, 5.74) is 2.92. The second kappa shape index (κ2) is 7.89. The van der Waals surface area contributed by atoms with Gasteiger partial charge in [-0.1, -0.05) is 24.2 Å². The molecule has 0 radical (unpaired) electrons. The molecular formula is C21H32N6O2. The van der Waals surface area contributed by atoms with Gasteiger partial charge in [0.1, 0.15) is 5.76 Å². The highest BCUT2D eigenvalue weighted by Gasteiger charge is 2.49. The fourth-order valence-electron chi connectivity index (χ4n) is 4.71. The molecule has 1 saturated carbocycles.